The minimum Gasteiger partial charge on any atom is -0.481 e. The Bertz CT molecular complexity index is 353. The zero-order chi connectivity index (χ0) is 11.3. The average molecular weight is 209 g/mol. The smallest absolute Gasteiger partial charge is 0.303 e. The molecule has 0 spiro atoms. The molecule has 0 saturated heterocycles. The van der Waals surface area contributed by atoms with Gasteiger partial charge in [0.05, 0.1) is 17.6 Å². The van der Waals surface area contributed by atoms with Gasteiger partial charge in [0.25, 0.3) is 0 Å². The highest BCUT2D eigenvalue weighted by Crippen LogP contribution is 2.05. The summed E-state index contributed by atoms with van der Waals surface area (Å²) in [5.41, 5.74) is 1.80. The fourth-order valence-electron chi connectivity index (χ4n) is 1.08. The Balaban J connectivity index is 2.38. The van der Waals surface area contributed by atoms with Crippen molar-refractivity contribution in [2.75, 3.05) is 11.9 Å². The van der Waals surface area contributed by atoms with E-state index in [0.29, 0.717) is 18.8 Å². The molecule has 82 valence electrons. The molecular formula is C10H15N3O2. The van der Waals surface area contributed by atoms with Crippen LogP contribution in [0.25, 0.3) is 0 Å². The molecule has 1 aromatic heterocycles. The Morgan fingerprint density at radius 3 is 2.80 bits per heavy atom. The van der Waals surface area contributed by atoms with Crippen LogP contribution in [0.5, 0.6) is 0 Å². The van der Waals surface area contributed by atoms with Crippen molar-refractivity contribution in [1.82, 2.24) is 9.97 Å². The van der Waals surface area contributed by atoms with Gasteiger partial charge in [-0.3, -0.25) is 9.78 Å². The molecule has 0 unspecified atom stereocenters. The second-order valence-corrected chi connectivity index (χ2v) is 3.35. The number of hydrogen-bond donors (Lipinski definition) is 2. The highest BCUT2D eigenvalue weighted by atomic mass is 16.4. The number of anilines is 1. The lowest BCUT2D eigenvalue weighted by Crippen LogP contribution is -2.07. The summed E-state index contributed by atoms with van der Waals surface area (Å²) < 4.78 is 0. The first-order valence-electron chi connectivity index (χ1n) is 4.85. The Hall–Kier alpha value is -1.65. The maximum atomic E-state index is 10.3. The van der Waals surface area contributed by atoms with Crippen molar-refractivity contribution in [3.05, 3.63) is 17.6 Å². The van der Waals surface area contributed by atoms with Crippen molar-refractivity contribution in [1.29, 1.82) is 0 Å². The Morgan fingerprint density at radius 1 is 1.47 bits per heavy atom. The molecule has 0 radical (unpaired) electrons. The van der Waals surface area contributed by atoms with E-state index in [1.807, 2.05) is 13.8 Å². The fourth-order valence-corrected chi connectivity index (χ4v) is 1.08. The van der Waals surface area contributed by atoms with Crippen molar-refractivity contribution < 1.29 is 9.90 Å². The van der Waals surface area contributed by atoms with Crippen LogP contribution >= 0.6 is 0 Å². The van der Waals surface area contributed by atoms with Gasteiger partial charge >= 0.3 is 5.97 Å². The number of aryl methyl sites for hydroxylation is 2. The number of hydrogen-bond acceptors (Lipinski definition) is 4. The first-order valence-corrected chi connectivity index (χ1v) is 4.85. The quantitative estimate of drug-likeness (QED) is 0.716. The van der Waals surface area contributed by atoms with Crippen LogP contribution in [0.3, 0.4) is 0 Å². The third-order valence-corrected chi connectivity index (χ3v) is 2.07. The number of nitrogens with zero attached hydrogens (tertiary/aromatic N) is 2. The maximum Gasteiger partial charge on any atom is 0.303 e. The number of aromatic nitrogens is 2. The summed E-state index contributed by atoms with van der Waals surface area (Å²) in [6, 6.07) is 0. The number of nitrogens with one attached hydrogen (secondary N) is 1. The molecular weight excluding hydrogens is 194 g/mol. The molecule has 1 rings (SSSR count). The van der Waals surface area contributed by atoms with E-state index in [0.717, 1.165) is 11.4 Å². The minimum atomic E-state index is -0.775. The third kappa shape index (κ3) is 3.93. The predicted molar refractivity (Wildman–Crippen MR) is 56.9 cm³/mol. The summed E-state index contributed by atoms with van der Waals surface area (Å²) in [5, 5.41) is 11.5. The van der Waals surface area contributed by atoms with Crippen molar-refractivity contribution in [2.45, 2.75) is 26.7 Å². The van der Waals surface area contributed by atoms with Gasteiger partial charge in [-0.1, -0.05) is 0 Å². The van der Waals surface area contributed by atoms with Gasteiger partial charge in [0.2, 0.25) is 0 Å². The molecule has 2 N–H and O–H groups in total. The van der Waals surface area contributed by atoms with Gasteiger partial charge in [-0.25, -0.2) is 4.98 Å². The standard InChI is InChI=1S/C10H15N3O2/c1-7-8(2)13-9(6-12-7)11-5-3-4-10(14)15/h6H,3-5H2,1-2H3,(H,11,13)(H,14,15). The van der Waals surface area contributed by atoms with E-state index < -0.39 is 5.97 Å². The van der Waals surface area contributed by atoms with Crippen LogP contribution in [0, 0.1) is 13.8 Å². The summed E-state index contributed by atoms with van der Waals surface area (Å²) in [6.45, 7) is 4.39. The molecule has 0 fully saturated rings. The van der Waals surface area contributed by atoms with Crippen LogP contribution in [0.2, 0.25) is 0 Å². The predicted octanol–water partition coefficient (Wildman–Crippen LogP) is 1.37. The zero-order valence-corrected chi connectivity index (χ0v) is 8.95. The molecule has 5 nitrogen and oxygen atoms in total. The maximum absolute atomic E-state index is 10.3. The van der Waals surface area contributed by atoms with Gasteiger partial charge in [0.1, 0.15) is 5.82 Å². The van der Waals surface area contributed by atoms with Crippen molar-refractivity contribution in [3.63, 3.8) is 0 Å². The van der Waals surface area contributed by atoms with E-state index in [2.05, 4.69) is 15.3 Å². The summed E-state index contributed by atoms with van der Waals surface area (Å²) in [6.07, 6.45) is 2.41. The lowest BCUT2D eigenvalue weighted by atomic mass is 10.3. The van der Waals surface area contributed by atoms with E-state index in [1.54, 1.807) is 6.20 Å². The molecule has 0 bridgehead atoms. The summed E-state index contributed by atoms with van der Waals surface area (Å²) >= 11 is 0. The second-order valence-electron chi connectivity index (χ2n) is 3.35. The monoisotopic (exact) mass is 209 g/mol. The van der Waals surface area contributed by atoms with Gasteiger partial charge in [0.15, 0.2) is 0 Å². The first-order chi connectivity index (χ1) is 7.09. The summed E-state index contributed by atoms with van der Waals surface area (Å²) in [4.78, 5) is 18.7. The first kappa shape index (κ1) is 11.4. The molecule has 0 amide bonds. The van der Waals surface area contributed by atoms with Crippen LogP contribution in [-0.2, 0) is 4.79 Å². The van der Waals surface area contributed by atoms with Crippen LogP contribution in [0.1, 0.15) is 24.2 Å². The highest BCUT2D eigenvalue weighted by molar-refractivity contribution is 5.66. The summed E-state index contributed by atoms with van der Waals surface area (Å²) in [7, 11) is 0. The number of rotatable bonds is 5. The largest absolute Gasteiger partial charge is 0.481 e. The normalized spacial score (nSPS) is 10.0. The van der Waals surface area contributed by atoms with E-state index in [-0.39, 0.29) is 6.42 Å². The number of carboxylic acids is 1. The number of carboxylic acid groups (broad SMARTS) is 1. The molecule has 1 aromatic rings. The average Bonchev–Trinajstić information content (AvgIpc) is 2.18. The van der Waals surface area contributed by atoms with Gasteiger partial charge in [-0.05, 0) is 20.3 Å². The van der Waals surface area contributed by atoms with E-state index in [9.17, 15) is 4.79 Å². The van der Waals surface area contributed by atoms with Crippen LogP contribution in [-0.4, -0.2) is 27.6 Å². The van der Waals surface area contributed by atoms with Gasteiger partial charge in [-0.2, -0.15) is 0 Å². The number of carbonyl (C=O) groups is 1. The minimum absolute atomic E-state index is 0.172. The lowest BCUT2D eigenvalue weighted by molar-refractivity contribution is -0.137. The molecule has 0 aliphatic carbocycles. The molecule has 1 heterocycles. The Kier molecular flexibility index (Phi) is 4.03. The topological polar surface area (TPSA) is 75.1 Å². The van der Waals surface area contributed by atoms with E-state index in [4.69, 9.17) is 5.11 Å². The molecule has 5 heteroatoms. The highest BCUT2D eigenvalue weighted by Gasteiger charge is 1.99. The van der Waals surface area contributed by atoms with Crippen LogP contribution in [0.4, 0.5) is 5.82 Å². The Morgan fingerprint density at radius 2 is 2.20 bits per heavy atom. The van der Waals surface area contributed by atoms with E-state index >= 15 is 0 Å². The molecule has 0 aromatic carbocycles. The summed E-state index contributed by atoms with van der Waals surface area (Å²) in [5.74, 6) is -0.0774. The van der Waals surface area contributed by atoms with Gasteiger partial charge in [-0.15, -0.1) is 0 Å². The van der Waals surface area contributed by atoms with Gasteiger partial charge < -0.3 is 10.4 Å². The second kappa shape index (κ2) is 5.29. The lowest BCUT2D eigenvalue weighted by Gasteiger charge is -2.05. The number of aliphatic carboxylic acids is 1. The molecule has 0 aliphatic rings. The van der Waals surface area contributed by atoms with Crippen LogP contribution < -0.4 is 5.32 Å². The third-order valence-electron chi connectivity index (χ3n) is 2.07. The van der Waals surface area contributed by atoms with Gasteiger partial charge in [0, 0.05) is 13.0 Å². The molecule has 0 aliphatic heterocycles. The van der Waals surface area contributed by atoms with Crippen molar-refractivity contribution in [3.8, 4) is 0 Å². The fraction of sp³-hybridized carbons (Fsp3) is 0.500. The zero-order valence-electron chi connectivity index (χ0n) is 8.95. The molecule has 15 heavy (non-hydrogen) atoms. The molecule has 0 saturated carbocycles. The molecule has 0 atom stereocenters. The van der Waals surface area contributed by atoms with E-state index in [1.165, 1.54) is 0 Å². The van der Waals surface area contributed by atoms with Crippen molar-refractivity contribution >= 4 is 11.8 Å². The SMILES string of the molecule is Cc1ncc(NCCCC(=O)O)nc1C. The van der Waals surface area contributed by atoms with Crippen molar-refractivity contribution in [2.24, 2.45) is 0 Å². The Labute approximate surface area is 88.6 Å². The van der Waals surface area contributed by atoms with Crippen LogP contribution in [0.15, 0.2) is 6.20 Å².